The molecule has 1 atom stereocenters. The summed E-state index contributed by atoms with van der Waals surface area (Å²) in [5, 5.41) is 0.0558. The number of hydrogen-bond acceptors (Lipinski definition) is 2. The van der Waals surface area contributed by atoms with Gasteiger partial charge in [-0.2, -0.15) is 0 Å². The van der Waals surface area contributed by atoms with Gasteiger partial charge in [-0.15, -0.1) is 0 Å². The van der Waals surface area contributed by atoms with Gasteiger partial charge in [0.15, 0.2) is 5.11 Å². The van der Waals surface area contributed by atoms with Crippen LogP contribution in [0.3, 0.4) is 0 Å². The van der Waals surface area contributed by atoms with E-state index >= 15 is 0 Å². The molecule has 4 nitrogen and oxygen atoms in total. The van der Waals surface area contributed by atoms with Crippen LogP contribution in [-0.2, 0) is 11.2 Å². The zero-order chi connectivity index (χ0) is 12.0. The predicted octanol–water partition coefficient (Wildman–Crippen LogP) is 0.730. The number of rotatable bonds is 3. The Morgan fingerprint density at radius 2 is 2.00 bits per heavy atom. The molecule has 1 rings (SSSR count). The number of hydrogen-bond donors (Lipinski definition) is 3. The lowest BCUT2D eigenvalue weighted by Gasteiger charge is -2.12. The number of amides is 1. The van der Waals surface area contributed by atoms with Crippen molar-refractivity contribution in [2.45, 2.75) is 13.3 Å². The topological polar surface area (TPSA) is 67.2 Å². The van der Waals surface area contributed by atoms with E-state index in [4.69, 9.17) is 5.73 Å². The number of carbonyl (C=O) groups is 1. The minimum absolute atomic E-state index is 0.0558. The van der Waals surface area contributed by atoms with E-state index in [-0.39, 0.29) is 16.9 Å². The standard InChI is InChI=1S/C11H15N3OS/c1-8(10(15)13-14-11(12)16)7-9-5-3-2-4-6-9/h2-6,8H,7H2,1H3,(H,13,15)(H3,12,14,16). The summed E-state index contributed by atoms with van der Waals surface area (Å²) in [4.78, 5) is 11.6. The molecule has 1 amide bonds. The molecular weight excluding hydrogens is 222 g/mol. The van der Waals surface area contributed by atoms with Crippen LogP contribution < -0.4 is 16.6 Å². The molecule has 0 saturated carbocycles. The normalized spacial score (nSPS) is 11.6. The summed E-state index contributed by atoms with van der Waals surface area (Å²) in [6, 6.07) is 9.83. The van der Waals surface area contributed by atoms with Gasteiger partial charge in [-0.05, 0) is 24.2 Å². The van der Waals surface area contributed by atoms with Crippen molar-refractivity contribution in [1.82, 2.24) is 10.9 Å². The highest BCUT2D eigenvalue weighted by Crippen LogP contribution is 2.07. The molecule has 16 heavy (non-hydrogen) atoms. The van der Waals surface area contributed by atoms with Crippen molar-refractivity contribution in [3.8, 4) is 0 Å². The number of thiocarbonyl (C=S) groups is 1. The van der Waals surface area contributed by atoms with Crippen LogP contribution in [-0.4, -0.2) is 11.0 Å². The summed E-state index contributed by atoms with van der Waals surface area (Å²) < 4.78 is 0. The molecule has 0 bridgehead atoms. The zero-order valence-electron chi connectivity index (χ0n) is 9.07. The fourth-order valence-corrected chi connectivity index (χ4v) is 1.36. The van der Waals surface area contributed by atoms with Gasteiger partial charge in [0.25, 0.3) is 0 Å². The van der Waals surface area contributed by atoms with Gasteiger partial charge < -0.3 is 5.73 Å². The number of nitrogens with two attached hydrogens (primary N) is 1. The van der Waals surface area contributed by atoms with E-state index in [9.17, 15) is 4.79 Å². The third kappa shape index (κ3) is 4.27. The highest BCUT2D eigenvalue weighted by atomic mass is 32.1. The first-order valence-corrected chi connectivity index (χ1v) is 5.39. The molecule has 0 heterocycles. The maximum Gasteiger partial charge on any atom is 0.241 e. The van der Waals surface area contributed by atoms with Crippen LogP contribution in [0.1, 0.15) is 12.5 Å². The van der Waals surface area contributed by atoms with Crippen LogP contribution >= 0.6 is 12.2 Å². The minimum Gasteiger partial charge on any atom is -0.375 e. The van der Waals surface area contributed by atoms with Crippen LogP contribution in [0.2, 0.25) is 0 Å². The Labute approximate surface area is 100 Å². The average Bonchev–Trinajstić information content (AvgIpc) is 2.27. The maximum atomic E-state index is 11.6. The molecule has 1 unspecified atom stereocenters. The van der Waals surface area contributed by atoms with Gasteiger partial charge in [0.05, 0.1) is 0 Å². The van der Waals surface area contributed by atoms with Gasteiger partial charge in [0, 0.05) is 5.92 Å². The largest absolute Gasteiger partial charge is 0.375 e. The third-order valence-corrected chi connectivity index (χ3v) is 2.24. The second kappa shape index (κ2) is 6.07. The van der Waals surface area contributed by atoms with Crippen molar-refractivity contribution in [2.24, 2.45) is 11.7 Å². The number of carbonyl (C=O) groups excluding carboxylic acids is 1. The van der Waals surface area contributed by atoms with E-state index in [2.05, 4.69) is 23.1 Å². The molecule has 0 saturated heterocycles. The molecule has 0 aliphatic rings. The van der Waals surface area contributed by atoms with Crippen LogP contribution in [0, 0.1) is 5.92 Å². The molecule has 1 aromatic rings. The fourth-order valence-electron chi connectivity index (χ4n) is 1.31. The van der Waals surface area contributed by atoms with E-state index in [1.54, 1.807) is 0 Å². The molecule has 4 N–H and O–H groups in total. The van der Waals surface area contributed by atoms with Crippen LogP contribution in [0.15, 0.2) is 30.3 Å². The lowest BCUT2D eigenvalue weighted by molar-refractivity contribution is -0.125. The Hall–Kier alpha value is -1.62. The predicted molar refractivity (Wildman–Crippen MR) is 67.4 cm³/mol. The van der Waals surface area contributed by atoms with E-state index in [0.717, 1.165) is 5.56 Å². The van der Waals surface area contributed by atoms with Crippen molar-refractivity contribution in [3.63, 3.8) is 0 Å². The smallest absolute Gasteiger partial charge is 0.241 e. The quantitative estimate of drug-likeness (QED) is 0.535. The fraction of sp³-hybridized carbons (Fsp3) is 0.273. The van der Waals surface area contributed by atoms with Gasteiger partial charge in [0.1, 0.15) is 0 Å². The SMILES string of the molecule is CC(Cc1ccccc1)C(=O)NNC(N)=S. The van der Waals surface area contributed by atoms with E-state index in [1.165, 1.54) is 0 Å². The third-order valence-electron chi connectivity index (χ3n) is 2.14. The Bertz CT molecular complexity index is 367. The average molecular weight is 237 g/mol. The molecule has 86 valence electrons. The molecule has 5 heteroatoms. The Kier molecular flexibility index (Phi) is 4.72. The van der Waals surface area contributed by atoms with Crippen LogP contribution in [0.5, 0.6) is 0 Å². The molecular formula is C11H15N3OS. The van der Waals surface area contributed by atoms with Gasteiger partial charge >= 0.3 is 0 Å². The van der Waals surface area contributed by atoms with Gasteiger partial charge in [-0.1, -0.05) is 37.3 Å². The number of hydrazine groups is 1. The molecule has 1 aromatic carbocycles. The molecule has 0 radical (unpaired) electrons. The lowest BCUT2D eigenvalue weighted by Crippen LogP contribution is -2.46. The first-order valence-electron chi connectivity index (χ1n) is 4.99. The summed E-state index contributed by atoms with van der Waals surface area (Å²) in [6.07, 6.45) is 0.686. The molecule has 0 aromatic heterocycles. The Balaban J connectivity index is 2.43. The summed E-state index contributed by atoms with van der Waals surface area (Å²) in [7, 11) is 0. The van der Waals surface area contributed by atoms with Gasteiger partial charge in [-0.3, -0.25) is 15.6 Å². The monoisotopic (exact) mass is 237 g/mol. The summed E-state index contributed by atoms with van der Waals surface area (Å²) in [5.41, 5.74) is 11.2. The van der Waals surface area contributed by atoms with Gasteiger partial charge in [0.2, 0.25) is 5.91 Å². The van der Waals surface area contributed by atoms with Crippen molar-refractivity contribution < 1.29 is 4.79 Å². The maximum absolute atomic E-state index is 11.6. The summed E-state index contributed by atoms with van der Waals surface area (Å²) in [5.74, 6) is -0.263. The highest BCUT2D eigenvalue weighted by molar-refractivity contribution is 7.80. The second-order valence-corrected chi connectivity index (χ2v) is 4.01. The lowest BCUT2D eigenvalue weighted by atomic mass is 10.0. The Morgan fingerprint density at radius 3 is 2.56 bits per heavy atom. The first-order chi connectivity index (χ1) is 7.59. The van der Waals surface area contributed by atoms with Gasteiger partial charge in [-0.25, -0.2) is 0 Å². The number of benzene rings is 1. The Morgan fingerprint density at radius 1 is 1.38 bits per heavy atom. The summed E-state index contributed by atoms with van der Waals surface area (Å²) in [6.45, 7) is 1.85. The van der Waals surface area contributed by atoms with Crippen molar-refractivity contribution in [2.75, 3.05) is 0 Å². The van der Waals surface area contributed by atoms with E-state index in [0.29, 0.717) is 6.42 Å². The molecule has 0 fully saturated rings. The van der Waals surface area contributed by atoms with Crippen LogP contribution in [0.25, 0.3) is 0 Å². The molecule has 0 aliphatic heterocycles. The van der Waals surface area contributed by atoms with Crippen molar-refractivity contribution in [1.29, 1.82) is 0 Å². The molecule has 0 aliphatic carbocycles. The zero-order valence-corrected chi connectivity index (χ0v) is 9.88. The summed E-state index contributed by atoms with van der Waals surface area (Å²) >= 11 is 4.58. The van der Waals surface area contributed by atoms with E-state index < -0.39 is 0 Å². The van der Waals surface area contributed by atoms with Crippen molar-refractivity contribution in [3.05, 3.63) is 35.9 Å². The number of nitrogens with one attached hydrogen (secondary N) is 2. The minimum atomic E-state index is -0.135. The second-order valence-electron chi connectivity index (χ2n) is 3.57. The van der Waals surface area contributed by atoms with Crippen molar-refractivity contribution >= 4 is 23.2 Å². The van der Waals surface area contributed by atoms with E-state index in [1.807, 2.05) is 37.3 Å². The first kappa shape index (κ1) is 12.4. The molecule has 0 spiro atoms. The highest BCUT2D eigenvalue weighted by Gasteiger charge is 2.12. The van der Waals surface area contributed by atoms with Crippen LogP contribution in [0.4, 0.5) is 0 Å².